The summed E-state index contributed by atoms with van der Waals surface area (Å²) in [4.78, 5) is 15.2. The molecule has 2 rings (SSSR count). The minimum atomic E-state index is 0.156. The summed E-state index contributed by atoms with van der Waals surface area (Å²) in [6.45, 7) is 0.983. The number of hydrogen-bond acceptors (Lipinski definition) is 3. The first-order valence-corrected chi connectivity index (χ1v) is 7.33. The number of aliphatic hydroxyl groups excluding tert-OH is 1. The van der Waals surface area contributed by atoms with E-state index in [1.807, 2.05) is 29.2 Å². The first-order chi connectivity index (χ1) is 9.20. The number of carbonyl (C=O) groups is 1. The molecule has 0 aromatic heterocycles. The predicted molar refractivity (Wildman–Crippen MR) is 78.5 cm³/mol. The summed E-state index contributed by atoms with van der Waals surface area (Å²) in [6.07, 6.45) is 4.38. The summed E-state index contributed by atoms with van der Waals surface area (Å²) >= 11 is 4.24. The Labute approximate surface area is 120 Å². The van der Waals surface area contributed by atoms with Crippen LogP contribution in [0.5, 0.6) is 0 Å². The van der Waals surface area contributed by atoms with Gasteiger partial charge in [-0.15, -0.1) is 12.6 Å². The van der Waals surface area contributed by atoms with Gasteiger partial charge in [-0.2, -0.15) is 0 Å². The van der Waals surface area contributed by atoms with Crippen molar-refractivity contribution in [3.05, 3.63) is 29.8 Å². The molecular weight excluding hydrogens is 258 g/mol. The fourth-order valence-corrected chi connectivity index (χ4v) is 2.82. The van der Waals surface area contributed by atoms with Crippen molar-refractivity contribution in [3.8, 4) is 0 Å². The Morgan fingerprint density at radius 1 is 1.32 bits per heavy atom. The van der Waals surface area contributed by atoms with Crippen molar-refractivity contribution < 1.29 is 9.90 Å². The molecule has 3 nitrogen and oxygen atoms in total. The number of amides is 1. The van der Waals surface area contributed by atoms with Crippen molar-refractivity contribution in [2.45, 2.75) is 43.0 Å². The second-order valence-electron chi connectivity index (χ2n) is 5.09. The number of carbonyl (C=O) groups excluding carboxylic acids is 1. The van der Waals surface area contributed by atoms with Gasteiger partial charge in [0.1, 0.15) is 0 Å². The molecule has 0 bridgehead atoms. The lowest BCUT2D eigenvalue weighted by molar-refractivity contribution is -0.134. The van der Waals surface area contributed by atoms with E-state index < -0.39 is 0 Å². The molecule has 0 radical (unpaired) electrons. The number of likely N-dealkylation sites (tertiary alicyclic amines) is 1. The largest absolute Gasteiger partial charge is 0.396 e. The molecule has 1 aliphatic heterocycles. The lowest BCUT2D eigenvalue weighted by Gasteiger charge is -2.35. The van der Waals surface area contributed by atoms with Crippen LogP contribution in [-0.2, 0) is 11.2 Å². The molecule has 1 heterocycles. The lowest BCUT2D eigenvalue weighted by atomic mass is 9.98. The van der Waals surface area contributed by atoms with Crippen molar-refractivity contribution in [3.63, 3.8) is 0 Å². The number of hydrogen-bond donors (Lipinski definition) is 2. The number of thiol groups is 1. The standard InChI is InChI=1S/C15H21NO2S/c17-10-8-13-3-1-2-9-16(13)15(18)11-12-4-6-14(19)7-5-12/h4-7,13,17,19H,1-3,8-11H2. The molecule has 1 fully saturated rings. The maximum Gasteiger partial charge on any atom is 0.227 e. The Bertz CT molecular complexity index is 417. The minimum absolute atomic E-state index is 0.156. The Morgan fingerprint density at radius 2 is 2.05 bits per heavy atom. The summed E-state index contributed by atoms with van der Waals surface area (Å²) in [5.74, 6) is 0.171. The van der Waals surface area contributed by atoms with Crippen molar-refractivity contribution in [2.24, 2.45) is 0 Å². The molecule has 1 aromatic rings. The van der Waals surface area contributed by atoms with Gasteiger partial charge in [0, 0.05) is 24.1 Å². The molecule has 104 valence electrons. The van der Waals surface area contributed by atoms with E-state index in [1.165, 1.54) is 0 Å². The fraction of sp³-hybridized carbons (Fsp3) is 0.533. The molecule has 19 heavy (non-hydrogen) atoms. The van der Waals surface area contributed by atoms with Gasteiger partial charge in [-0.1, -0.05) is 12.1 Å². The van der Waals surface area contributed by atoms with Crippen LogP contribution in [0.2, 0.25) is 0 Å². The zero-order valence-electron chi connectivity index (χ0n) is 11.1. The van der Waals surface area contributed by atoms with Crippen LogP contribution < -0.4 is 0 Å². The molecule has 4 heteroatoms. The molecule has 0 aliphatic carbocycles. The van der Waals surface area contributed by atoms with Gasteiger partial charge in [0.15, 0.2) is 0 Å². The summed E-state index contributed by atoms with van der Waals surface area (Å²) in [7, 11) is 0. The van der Waals surface area contributed by atoms with Crippen molar-refractivity contribution in [1.82, 2.24) is 4.90 Å². The number of piperidine rings is 1. The molecule has 1 saturated heterocycles. The molecule has 1 unspecified atom stereocenters. The third-order valence-electron chi connectivity index (χ3n) is 3.70. The summed E-state index contributed by atoms with van der Waals surface area (Å²) in [5, 5.41) is 9.09. The highest BCUT2D eigenvalue weighted by Crippen LogP contribution is 2.20. The molecule has 1 N–H and O–H groups in total. The lowest BCUT2D eigenvalue weighted by Crippen LogP contribution is -2.44. The summed E-state index contributed by atoms with van der Waals surface area (Å²) in [6, 6.07) is 7.94. The van der Waals surface area contributed by atoms with Crippen molar-refractivity contribution >= 4 is 18.5 Å². The van der Waals surface area contributed by atoms with E-state index in [-0.39, 0.29) is 18.6 Å². The maximum atomic E-state index is 12.4. The highest BCUT2D eigenvalue weighted by molar-refractivity contribution is 7.80. The Balaban J connectivity index is 1.99. The van der Waals surface area contributed by atoms with E-state index in [2.05, 4.69) is 12.6 Å². The Hall–Kier alpha value is -1.00. The van der Waals surface area contributed by atoms with Crippen molar-refractivity contribution in [1.29, 1.82) is 0 Å². The Morgan fingerprint density at radius 3 is 2.74 bits per heavy atom. The molecule has 1 aliphatic rings. The second-order valence-corrected chi connectivity index (χ2v) is 5.61. The van der Waals surface area contributed by atoms with Gasteiger partial charge in [-0.25, -0.2) is 0 Å². The monoisotopic (exact) mass is 279 g/mol. The highest BCUT2D eigenvalue weighted by Gasteiger charge is 2.25. The topological polar surface area (TPSA) is 40.5 Å². The molecular formula is C15H21NO2S. The number of nitrogens with zero attached hydrogens (tertiary/aromatic N) is 1. The van der Waals surface area contributed by atoms with Crippen molar-refractivity contribution in [2.75, 3.05) is 13.2 Å². The van der Waals surface area contributed by atoms with E-state index in [4.69, 9.17) is 5.11 Å². The molecule has 1 amide bonds. The SMILES string of the molecule is O=C(Cc1ccc(S)cc1)N1CCCCC1CCO. The fourth-order valence-electron chi connectivity index (χ4n) is 2.67. The van der Waals surface area contributed by atoms with Crippen LogP contribution in [0.3, 0.4) is 0 Å². The summed E-state index contributed by atoms with van der Waals surface area (Å²) < 4.78 is 0. The van der Waals surface area contributed by atoms with E-state index in [1.54, 1.807) is 0 Å². The van der Waals surface area contributed by atoms with Crippen LogP contribution in [0.15, 0.2) is 29.2 Å². The molecule has 1 aromatic carbocycles. The van der Waals surface area contributed by atoms with E-state index in [9.17, 15) is 4.79 Å². The maximum absolute atomic E-state index is 12.4. The minimum Gasteiger partial charge on any atom is -0.396 e. The van der Waals surface area contributed by atoms with E-state index in [0.29, 0.717) is 12.8 Å². The van der Waals surface area contributed by atoms with Crippen LogP contribution in [0.4, 0.5) is 0 Å². The average molecular weight is 279 g/mol. The highest BCUT2D eigenvalue weighted by atomic mass is 32.1. The van der Waals surface area contributed by atoms with Crippen LogP contribution >= 0.6 is 12.6 Å². The number of benzene rings is 1. The van der Waals surface area contributed by atoms with Gasteiger partial charge in [-0.05, 0) is 43.4 Å². The van der Waals surface area contributed by atoms with E-state index >= 15 is 0 Å². The van der Waals surface area contributed by atoms with Crippen LogP contribution in [0.25, 0.3) is 0 Å². The van der Waals surface area contributed by atoms with Gasteiger partial charge in [-0.3, -0.25) is 4.79 Å². The van der Waals surface area contributed by atoms with Gasteiger partial charge in [0.25, 0.3) is 0 Å². The second kappa shape index (κ2) is 6.96. The first-order valence-electron chi connectivity index (χ1n) is 6.89. The van der Waals surface area contributed by atoms with Gasteiger partial charge >= 0.3 is 0 Å². The van der Waals surface area contributed by atoms with Gasteiger partial charge < -0.3 is 10.0 Å². The van der Waals surface area contributed by atoms with Crippen LogP contribution in [0, 0.1) is 0 Å². The van der Waals surface area contributed by atoms with Gasteiger partial charge in [0.05, 0.1) is 6.42 Å². The normalized spacial score (nSPS) is 19.5. The number of rotatable bonds is 4. The first kappa shape index (κ1) is 14.4. The number of aliphatic hydroxyl groups is 1. The molecule has 0 saturated carbocycles. The average Bonchev–Trinajstić information content (AvgIpc) is 2.42. The quantitative estimate of drug-likeness (QED) is 0.830. The third kappa shape index (κ3) is 3.98. The molecule has 1 atom stereocenters. The summed E-state index contributed by atoms with van der Waals surface area (Å²) in [5.41, 5.74) is 1.02. The van der Waals surface area contributed by atoms with Gasteiger partial charge in [0.2, 0.25) is 5.91 Å². The predicted octanol–water partition coefficient (Wildman–Crippen LogP) is 2.28. The van der Waals surface area contributed by atoms with E-state index in [0.717, 1.165) is 36.3 Å². The van der Waals surface area contributed by atoms with Crippen LogP contribution in [0.1, 0.15) is 31.2 Å². The zero-order chi connectivity index (χ0) is 13.7. The Kier molecular flexibility index (Phi) is 5.28. The smallest absolute Gasteiger partial charge is 0.227 e. The third-order valence-corrected chi connectivity index (χ3v) is 4.00. The zero-order valence-corrected chi connectivity index (χ0v) is 12.0. The molecule has 0 spiro atoms. The van der Waals surface area contributed by atoms with Crippen LogP contribution in [-0.4, -0.2) is 35.1 Å².